The summed E-state index contributed by atoms with van der Waals surface area (Å²) in [6, 6.07) is 0.171. The van der Waals surface area contributed by atoms with E-state index in [1.54, 1.807) is 6.92 Å². The number of halogens is 1. The molecule has 0 amide bonds. The Morgan fingerprint density at radius 3 is 2.90 bits per heavy atom. The van der Waals surface area contributed by atoms with E-state index >= 15 is 0 Å². The number of ether oxygens (including phenoxy) is 2. The number of hydrogen-bond acceptors (Lipinski definition) is 5. The molecule has 2 aliphatic rings. The zero-order valence-electron chi connectivity index (χ0n) is 11.2. The van der Waals surface area contributed by atoms with Gasteiger partial charge in [0.2, 0.25) is 0 Å². The SMILES string of the molecule is Cc1nc(S(=O)(=O)Cl)cn1C1CCOC2(CCOC2)C1. The molecule has 0 bridgehead atoms. The second kappa shape index (κ2) is 4.98. The average molecular weight is 321 g/mol. The molecule has 0 N–H and O–H groups in total. The minimum Gasteiger partial charge on any atom is -0.378 e. The Bertz CT molecular complexity index is 607. The molecule has 2 fully saturated rings. The van der Waals surface area contributed by atoms with E-state index in [9.17, 15) is 8.42 Å². The van der Waals surface area contributed by atoms with Crippen molar-refractivity contribution in [3.05, 3.63) is 12.0 Å². The van der Waals surface area contributed by atoms with Gasteiger partial charge in [0.15, 0.2) is 5.03 Å². The van der Waals surface area contributed by atoms with Crippen LogP contribution in [0.5, 0.6) is 0 Å². The molecule has 2 aliphatic heterocycles. The maximum Gasteiger partial charge on any atom is 0.280 e. The zero-order chi connectivity index (χ0) is 14.4. The van der Waals surface area contributed by atoms with Crippen LogP contribution in [0.3, 0.4) is 0 Å². The van der Waals surface area contributed by atoms with Gasteiger partial charge in [0, 0.05) is 42.6 Å². The molecule has 6 nitrogen and oxygen atoms in total. The fraction of sp³-hybridized carbons (Fsp3) is 0.750. The van der Waals surface area contributed by atoms with Gasteiger partial charge >= 0.3 is 0 Å². The Kier molecular flexibility index (Phi) is 3.56. The van der Waals surface area contributed by atoms with Crippen LogP contribution < -0.4 is 0 Å². The molecule has 2 saturated heterocycles. The molecule has 112 valence electrons. The van der Waals surface area contributed by atoms with Gasteiger partial charge in [0.1, 0.15) is 5.82 Å². The van der Waals surface area contributed by atoms with Crippen molar-refractivity contribution in [1.29, 1.82) is 0 Å². The lowest BCUT2D eigenvalue weighted by atomic mass is 9.89. The van der Waals surface area contributed by atoms with Crippen LogP contribution in [0.15, 0.2) is 11.2 Å². The van der Waals surface area contributed by atoms with Crippen molar-refractivity contribution in [2.45, 2.75) is 42.9 Å². The summed E-state index contributed by atoms with van der Waals surface area (Å²) in [5.41, 5.74) is -0.223. The molecule has 1 aromatic rings. The molecule has 8 heteroatoms. The molecule has 3 heterocycles. The van der Waals surface area contributed by atoms with Crippen LogP contribution in [-0.4, -0.2) is 43.4 Å². The van der Waals surface area contributed by atoms with Gasteiger partial charge in [-0.3, -0.25) is 0 Å². The van der Waals surface area contributed by atoms with Gasteiger partial charge < -0.3 is 14.0 Å². The van der Waals surface area contributed by atoms with Crippen LogP contribution in [0.2, 0.25) is 0 Å². The van der Waals surface area contributed by atoms with Crippen molar-refractivity contribution in [3.8, 4) is 0 Å². The van der Waals surface area contributed by atoms with E-state index in [4.69, 9.17) is 20.2 Å². The first-order chi connectivity index (χ1) is 9.40. The molecule has 0 radical (unpaired) electrons. The number of rotatable bonds is 2. The predicted molar refractivity (Wildman–Crippen MR) is 72.4 cm³/mol. The summed E-state index contributed by atoms with van der Waals surface area (Å²) in [5, 5.41) is -0.0834. The zero-order valence-corrected chi connectivity index (χ0v) is 12.8. The van der Waals surface area contributed by atoms with Crippen molar-refractivity contribution >= 4 is 19.7 Å². The molecular formula is C12H17ClN2O4S. The second-order valence-corrected chi connectivity index (χ2v) is 7.96. The molecule has 2 atom stereocenters. The van der Waals surface area contributed by atoms with Crippen molar-refractivity contribution in [2.24, 2.45) is 0 Å². The van der Waals surface area contributed by atoms with Crippen LogP contribution in [-0.2, 0) is 18.5 Å². The number of aryl methyl sites for hydroxylation is 1. The largest absolute Gasteiger partial charge is 0.378 e. The Morgan fingerprint density at radius 2 is 2.30 bits per heavy atom. The van der Waals surface area contributed by atoms with Gasteiger partial charge in [-0.2, -0.15) is 0 Å². The van der Waals surface area contributed by atoms with Crippen LogP contribution in [0.4, 0.5) is 0 Å². The van der Waals surface area contributed by atoms with E-state index in [-0.39, 0.29) is 16.7 Å². The summed E-state index contributed by atoms with van der Waals surface area (Å²) >= 11 is 0. The maximum absolute atomic E-state index is 11.4. The second-order valence-electron chi connectivity index (χ2n) is 5.45. The van der Waals surface area contributed by atoms with E-state index in [0.717, 1.165) is 25.9 Å². The molecule has 1 spiro atoms. The van der Waals surface area contributed by atoms with Gasteiger partial charge in [-0.25, -0.2) is 13.4 Å². The highest BCUT2D eigenvalue weighted by Crippen LogP contribution is 2.38. The van der Waals surface area contributed by atoms with E-state index in [0.29, 0.717) is 19.0 Å². The Labute approximate surface area is 122 Å². The number of nitrogens with zero attached hydrogens (tertiary/aromatic N) is 2. The highest BCUT2D eigenvalue weighted by Gasteiger charge is 2.41. The fourth-order valence-corrected chi connectivity index (χ4v) is 3.75. The van der Waals surface area contributed by atoms with Crippen molar-refractivity contribution < 1.29 is 17.9 Å². The minimum absolute atomic E-state index is 0.0834. The quantitative estimate of drug-likeness (QED) is 0.775. The molecule has 0 aromatic carbocycles. The first-order valence-electron chi connectivity index (χ1n) is 6.61. The summed E-state index contributed by atoms with van der Waals surface area (Å²) in [6.07, 6.45) is 4.06. The third-order valence-electron chi connectivity index (χ3n) is 4.07. The smallest absolute Gasteiger partial charge is 0.280 e. The highest BCUT2D eigenvalue weighted by molar-refractivity contribution is 8.13. The maximum atomic E-state index is 11.4. The minimum atomic E-state index is -3.79. The first-order valence-corrected chi connectivity index (χ1v) is 8.92. The fourth-order valence-electron chi connectivity index (χ4n) is 3.05. The Morgan fingerprint density at radius 1 is 1.50 bits per heavy atom. The van der Waals surface area contributed by atoms with Crippen molar-refractivity contribution in [1.82, 2.24) is 9.55 Å². The topological polar surface area (TPSA) is 70.4 Å². The molecule has 0 aliphatic carbocycles. The summed E-state index contributed by atoms with van der Waals surface area (Å²) in [5.74, 6) is 0.658. The first kappa shape index (κ1) is 14.3. The van der Waals surface area contributed by atoms with Crippen LogP contribution in [0, 0.1) is 6.92 Å². The summed E-state index contributed by atoms with van der Waals surface area (Å²) in [4.78, 5) is 4.04. The van der Waals surface area contributed by atoms with Crippen molar-refractivity contribution in [3.63, 3.8) is 0 Å². The number of hydrogen-bond donors (Lipinski definition) is 0. The lowest BCUT2D eigenvalue weighted by Crippen LogP contribution is -2.41. The van der Waals surface area contributed by atoms with Gasteiger partial charge in [-0.1, -0.05) is 0 Å². The van der Waals surface area contributed by atoms with E-state index in [1.807, 2.05) is 4.57 Å². The molecule has 20 heavy (non-hydrogen) atoms. The van der Waals surface area contributed by atoms with Crippen LogP contribution in [0.1, 0.15) is 31.1 Å². The summed E-state index contributed by atoms with van der Waals surface area (Å²) in [7, 11) is 1.57. The normalized spacial score (nSPS) is 31.0. The van der Waals surface area contributed by atoms with E-state index in [1.165, 1.54) is 6.20 Å². The summed E-state index contributed by atoms with van der Waals surface area (Å²) in [6.45, 7) is 3.77. The predicted octanol–water partition coefficient (Wildman–Crippen LogP) is 1.63. The van der Waals surface area contributed by atoms with Gasteiger partial charge in [-0.15, -0.1) is 0 Å². The third-order valence-corrected chi connectivity index (χ3v) is 5.24. The standard InChI is InChI=1S/C12H17ClN2O4S/c1-9-14-11(20(13,16)17)7-15(9)10-2-4-19-12(6-10)3-5-18-8-12/h7,10H,2-6,8H2,1H3. The third kappa shape index (κ3) is 2.59. The monoisotopic (exact) mass is 320 g/mol. The van der Waals surface area contributed by atoms with Gasteiger partial charge in [-0.05, 0) is 19.8 Å². The van der Waals surface area contributed by atoms with Gasteiger partial charge in [0.05, 0.1) is 12.2 Å². The van der Waals surface area contributed by atoms with E-state index < -0.39 is 9.05 Å². The number of imidazole rings is 1. The van der Waals surface area contributed by atoms with Crippen LogP contribution >= 0.6 is 10.7 Å². The molecule has 1 aromatic heterocycles. The lowest BCUT2D eigenvalue weighted by Gasteiger charge is -2.37. The van der Waals surface area contributed by atoms with E-state index in [2.05, 4.69) is 4.98 Å². The van der Waals surface area contributed by atoms with Gasteiger partial charge in [0.25, 0.3) is 9.05 Å². The number of aromatic nitrogens is 2. The molecular weight excluding hydrogens is 304 g/mol. The molecule has 2 unspecified atom stereocenters. The van der Waals surface area contributed by atoms with Crippen LogP contribution in [0.25, 0.3) is 0 Å². The molecule has 0 saturated carbocycles. The summed E-state index contributed by atoms with van der Waals surface area (Å²) < 4.78 is 36.0. The highest BCUT2D eigenvalue weighted by atomic mass is 35.7. The molecule has 3 rings (SSSR count). The van der Waals surface area contributed by atoms with Crippen molar-refractivity contribution in [2.75, 3.05) is 19.8 Å². The lowest BCUT2D eigenvalue weighted by molar-refractivity contribution is -0.0950. The Hall–Kier alpha value is -0.630. The Balaban J connectivity index is 1.87. The average Bonchev–Trinajstić information content (AvgIpc) is 2.96.